The summed E-state index contributed by atoms with van der Waals surface area (Å²) in [5.41, 5.74) is 3.54. The van der Waals surface area contributed by atoms with E-state index in [-0.39, 0.29) is 0 Å². The average Bonchev–Trinajstić information content (AvgIpc) is 2.16. The van der Waals surface area contributed by atoms with Crippen LogP contribution in [-0.2, 0) is 0 Å². The number of halogens is 1. The summed E-state index contributed by atoms with van der Waals surface area (Å²) in [4.78, 5) is 2.15. The summed E-state index contributed by atoms with van der Waals surface area (Å²) in [7, 11) is 2.05. The summed E-state index contributed by atoms with van der Waals surface area (Å²) < 4.78 is 1.10. The summed E-state index contributed by atoms with van der Waals surface area (Å²) in [6, 6.07) is 4.24. The predicted octanol–water partition coefficient (Wildman–Crippen LogP) is 4.02. The number of hydrogen-bond donors (Lipinski definition) is 0. The third-order valence-electron chi connectivity index (χ3n) is 2.24. The molecule has 0 bridgehead atoms. The molecule has 0 atom stereocenters. The fourth-order valence-electron chi connectivity index (χ4n) is 1.60. The van der Waals surface area contributed by atoms with E-state index < -0.39 is 0 Å². The van der Waals surface area contributed by atoms with Gasteiger partial charge in [0.1, 0.15) is 0 Å². The third kappa shape index (κ3) is 2.72. The first-order chi connectivity index (χ1) is 7.10. The lowest BCUT2D eigenvalue weighted by atomic mass is 10.1. The summed E-state index contributed by atoms with van der Waals surface area (Å²) in [6.07, 6.45) is 3.77. The second-order valence-corrected chi connectivity index (χ2v) is 4.41. The van der Waals surface area contributed by atoms with Gasteiger partial charge in [0.25, 0.3) is 0 Å². The topological polar surface area (TPSA) is 3.24 Å². The molecule has 0 radical (unpaired) electrons. The second kappa shape index (κ2) is 5.17. The fraction of sp³-hybridized carbons (Fsp3) is 0.231. The van der Waals surface area contributed by atoms with Gasteiger partial charge in [-0.05, 0) is 46.1 Å². The molecule has 0 aromatic heterocycles. The molecule has 1 rings (SSSR count). The minimum absolute atomic E-state index is 0.822. The third-order valence-corrected chi connectivity index (χ3v) is 2.85. The number of benzene rings is 1. The summed E-state index contributed by atoms with van der Waals surface area (Å²) in [6.45, 7) is 10.5. The van der Waals surface area contributed by atoms with Crippen molar-refractivity contribution in [3.05, 3.63) is 47.0 Å². The van der Waals surface area contributed by atoms with Crippen LogP contribution >= 0.6 is 15.9 Å². The molecule has 0 unspecified atom stereocenters. The summed E-state index contributed by atoms with van der Waals surface area (Å²) in [5, 5.41) is 0. The number of nitrogens with zero attached hydrogens (tertiary/aromatic N) is 1. The van der Waals surface area contributed by atoms with Gasteiger partial charge >= 0.3 is 0 Å². The Balaban J connectivity index is 3.25. The molecule has 1 nitrogen and oxygen atoms in total. The highest BCUT2D eigenvalue weighted by atomic mass is 79.9. The molecule has 0 fully saturated rings. The number of anilines is 1. The second-order valence-electron chi connectivity index (χ2n) is 3.56. The van der Waals surface area contributed by atoms with Crippen LogP contribution in [0.25, 0.3) is 6.08 Å². The fourth-order valence-corrected chi connectivity index (χ4v) is 2.50. The molecular formula is C13H16BrN. The number of hydrogen-bond acceptors (Lipinski definition) is 1. The Morgan fingerprint density at radius 2 is 2.07 bits per heavy atom. The Morgan fingerprint density at radius 3 is 2.60 bits per heavy atom. The molecule has 0 N–H and O–H groups in total. The van der Waals surface area contributed by atoms with Crippen LogP contribution in [0.15, 0.2) is 35.8 Å². The Kier molecular flexibility index (Phi) is 4.15. The van der Waals surface area contributed by atoms with Crippen molar-refractivity contribution < 1.29 is 0 Å². The number of aryl methyl sites for hydroxylation is 1. The molecule has 15 heavy (non-hydrogen) atoms. The van der Waals surface area contributed by atoms with Gasteiger partial charge < -0.3 is 4.90 Å². The van der Waals surface area contributed by atoms with Gasteiger partial charge in [-0.2, -0.15) is 0 Å². The Labute approximate surface area is 100 Å². The molecule has 0 spiro atoms. The van der Waals surface area contributed by atoms with Crippen LogP contribution in [0.4, 0.5) is 5.69 Å². The highest BCUT2D eigenvalue weighted by Gasteiger charge is 2.09. The van der Waals surface area contributed by atoms with Crippen LogP contribution in [0.2, 0.25) is 0 Å². The van der Waals surface area contributed by atoms with Gasteiger partial charge in [-0.15, -0.1) is 6.58 Å². The molecule has 0 aliphatic carbocycles. The minimum Gasteiger partial charge on any atom is -0.369 e. The summed E-state index contributed by atoms with van der Waals surface area (Å²) in [5.74, 6) is 0. The SMILES string of the molecule is C=CCN(C)c1c(Br)cc(C)cc1C=C. The quantitative estimate of drug-likeness (QED) is 0.744. The first kappa shape index (κ1) is 12.1. The van der Waals surface area contributed by atoms with Gasteiger partial charge in [-0.1, -0.05) is 18.7 Å². The molecular weight excluding hydrogens is 250 g/mol. The molecule has 1 aromatic rings. The maximum Gasteiger partial charge on any atom is 0.0584 e. The zero-order chi connectivity index (χ0) is 11.4. The number of likely N-dealkylation sites (N-methyl/N-ethyl adjacent to an activating group) is 1. The maximum atomic E-state index is 3.84. The van der Waals surface area contributed by atoms with E-state index in [0.717, 1.165) is 22.3 Å². The van der Waals surface area contributed by atoms with Crippen LogP contribution < -0.4 is 4.90 Å². The summed E-state index contributed by atoms with van der Waals surface area (Å²) >= 11 is 3.59. The van der Waals surface area contributed by atoms with Crippen LogP contribution in [-0.4, -0.2) is 13.6 Å². The molecule has 0 aliphatic rings. The van der Waals surface area contributed by atoms with E-state index in [2.05, 4.69) is 53.0 Å². The van der Waals surface area contributed by atoms with Crippen molar-refractivity contribution in [2.45, 2.75) is 6.92 Å². The molecule has 0 saturated heterocycles. The van der Waals surface area contributed by atoms with E-state index in [4.69, 9.17) is 0 Å². The molecule has 0 saturated carbocycles. The lowest BCUT2D eigenvalue weighted by molar-refractivity contribution is 1.02. The zero-order valence-electron chi connectivity index (χ0n) is 9.26. The Morgan fingerprint density at radius 1 is 1.40 bits per heavy atom. The van der Waals surface area contributed by atoms with E-state index >= 15 is 0 Å². The van der Waals surface area contributed by atoms with Crippen LogP contribution in [0, 0.1) is 6.92 Å². The van der Waals surface area contributed by atoms with E-state index in [9.17, 15) is 0 Å². The average molecular weight is 266 g/mol. The van der Waals surface area contributed by atoms with Crippen molar-refractivity contribution in [1.82, 2.24) is 0 Å². The number of rotatable bonds is 4. The van der Waals surface area contributed by atoms with Crippen LogP contribution in [0.3, 0.4) is 0 Å². The van der Waals surface area contributed by atoms with Gasteiger partial charge in [-0.3, -0.25) is 0 Å². The van der Waals surface area contributed by atoms with Crippen molar-refractivity contribution in [3.63, 3.8) is 0 Å². The lowest BCUT2D eigenvalue weighted by Crippen LogP contribution is -2.18. The van der Waals surface area contributed by atoms with Crippen molar-refractivity contribution in [2.75, 3.05) is 18.5 Å². The molecule has 2 heteroatoms. The Bertz CT molecular complexity index is 382. The van der Waals surface area contributed by atoms with Crippen molar-refractivity contribution in [1.29, 1.82) is 0 Å². The largest absolute Gasteiger partial charge is 0.369 e. The highest BCUT2D eigenvalue weighted by molar-refractivity contribution is 9.10. The van der Waals surface area contributed by atoms with Gasteiger partial charge in [-0.25, -0.2) is 0 Å². The normalized spacial score (nSPS) is 9.80. The first-order valence-corrected chi connectivity index (χ1v) is 5.64. The van der Waals surface area contributed by atoms with Crippen LogP contribution in [0.5, 0.6) is 0 Å². The smallest absolute Gasteiger partial charge is 0.0584 e. The van der Waals surface area contributed by atoms with E-state index in [1.807, 2.05) is 19.2 Å². The van der Waals surface area contributed by atoms with E-state index in [1.54, 1.807) is 0 Å². The zero-order valence-corrected chi connectivity index (χ0v) is 10.8. The van der Waals surface area contributed by atoms with Crippen molar-refractivity contribution >= 4 is 27.7 Å². The van der Waals surface area contributed by atoms with Gasteiger partial charge in [0.15, 0.2) is 0 Å². The standard InChI is InChI=1S/C13H16BrN/c1-5-7-15(4)13-11(6-2)8-10(3)9-12(13)14/h5-6,8-9H,1-2,7H2,3-4H3. The van der Waals surface area contributed by atoms with E-state index in [0.29, 0.717) is 0 Å². The monoisotopic (exact) mass is 265 g/mol. The lowest BCUT2D eigenvalue weighted by Gasteiger charge is -2.22. The van der Waals surface area contributed by atoms with Gasteiger partial charge in [0, 0.05) is 18.1 Å². The minimum atomic E-state index is 0.822. The van der Waals surface area contributed by atoms with Gasteiger partial charge in [0.2, 0.25) is 0 Å². The van der Waals surface area contributed by atoms with E-state index in [1.165, 1.54) is 5.56 Å². The van der Waals surface area contributed by atoms with Crippen molar-refractivity contribution in [2.24, 2.45) is 0 Å². The highest BCUT2D eigenvalue weighted by Crippen LogP contribution is 2.31. The Hall–Kier alpha value is -1.02. The molecule has 0 amide bonds. The van der Waals surface area contributed by atoms with Gasteiger partial charge in [0.05, 0.1) is 5.69 Å². The molecule has 0 heterocycles. The molecule has 80 valence electrons. The predicted molar refractivity (Wildman–Crippen MR) is 72.4 cm³/mol. The maximum absolute atomic E-state index is 3.84. The first-order valence-electron chi connectivity index (χ1n) is 4.84. The van der Waals surface area contributed by atoms with Crippen LogP contribution in [0.1, 0.15) is 11.1 Å². The molecule has 0 aliphatic heterocycles. The molecule has 1 aromatic carbocycles. The van der Waals surface area contributed by atoms with Crippen molar-refractivity contribution in [3.8, 4) is 0 Å².